The van der Waals surface area contributed by atoms with Crippen molar-refractivity contribution in [2.45, 2.75) is 59.0 Å². The van der Waals surface area contributed by atoms with Crippen LogP contribution in [-0.2, 0) is 11.2 Å². The van der Waals surface area contributed by atoms with Gasteiger partial charge < -0.3 is 15.6 Å². The summed E-state index contributed by atoms with van der Waals surface area (Å²) in [5.74, 6) is 0.0854. The molecule has 0 spiro atoms. The Labute approximate surface area is 121 Å². The number of fused-ring (bicyclic) bond motifs is 1. The molecule has 0 aliphatic heterocycles. The smallest absolute Gasteiger partial charge is 0.242 e. The Morgan fingerprint density at radius 1 is 1.60 bits per heavy atom. The van der Waals surface area contributed by atoms with Crippen molar-refractivity contribution in [3.05, 3.63) is 23.5 Å². The number of hydrogen-bond acceptors (Lipinski definition) is 2. The van der Waals surface area contributed by atoms with Gasteiger partial charge in [-0.3, -0.25) is 4.79 Å². The number of carbonyl (C=O) groups is 1. The third-order valence-electron chi connectivity index (χ3n) is 4.22. The van der Waals surface area contributed by atoms with Gasteiger partial charge in [-0.2, -0.15) is 0 Å². The predicted octanol–water partition coefficient (Wildman–Crippen LogP) is 2.55. The van der Waals surface area contributed by atoms with E-state index in [1.807, 2.05) is 13.1 Å². The van der Waals surface area contributed by atoms with E-state index < -0.39 is 0 Å². The van der Waals surface area contributed by atoms with Crippen molar-refractivity contribution in [3.8, 4) is 0 Å². The molecule has 4 heteroatoms. The standard InChI is InChI=1S/C16H27N3O/c1-5-7-18-15(20)11(2)19-8-6-12-13(17)9-16(3,4)10-14(12)19/h6,8,11,13H,5,7,9-10,17H2,1-4H3,(H,18,20). The summed E-state index contributed by atoms with van der Waals surface area (Å²) in [5.41, 5.74) is 8.91. The highest BCUT2D eigenvalue weighted by Gasteiger charge is 2.33. The molecule has 1 aromatic heterocycles. The van der Waals surface area contributed by atoms with Gasteiger partial charge in [0.2, 0.25) is 5.91 Å². The number of rotatable bonds is 4. The second-order valence-electron chi connectivity index (χ2n) is 6.74. The van der Waals surface area contributed by atoms with Gasteiger partial charge in [-0.1, -0.05) is 20.8 Å². The van der Waals surface area contributed by atoms with Crippen LogP contribution in [-0.4, -0.2) is 17.0 Å². The molecule has 0 aromatic carbocycles. The van der Waals surface area contributed by atoms with E-state index in [4.69, 9.17) is 5.73 Å². The Balaban J connectivity index is 2.25. The molecular weight excluding hydrogens is 250 g/mol. The molecule has 1 heterocycles. The molecule has 1 amide bonds. The quantitative estimate of drug-likeness (QED) is 0.888. The maximum Gasteiger partial charge on any atom is 0.242 e. The Hall–Kier alpha value is -1.29. The molecule has 1 aliphatic rings. The van der Waals surface area contributed by atoms with Crippen LogP contribution in [0.2, 0.25) is 0 Å². The van der Waals surface area contributed by atoms with Gasteiger partial charge >= 0.3 is 0 Å². The minimum absolute atomic E-state index is 0.0842. The lowest BCUT2D eigenvalue weighted by atomic mass is 9.74. The van der Waals surface area contributed by atoms with Gasteiger partial charge in [0.25, 0.3) is 0 Å². The third-order valence-corrected chi connectivity index (χ3v) is 4.22. The molecule has 2 rings (SSSR count). The number of nitrogens with zero attached hydrogens (tertiary/aromatic N) is 1. The van der Waals surface area contributed by atoms with Crippen molar-refractivity contribution in [2.75, 3.05) is 6.54 Å². The molecule has 0 bridgehead atoms. The molecule has 2 atom stereocenters. The van der Waals surface area contributed by atoms with Crippen molar-refractivity contribution in [1.82, 2.24) is 9.88 Å². The van der Waals surface area contributed by atoms with E-state index in [2.05, 4.69) is 36.7 Å². The van der Waals surface area contributed by atoms with Gasteiger partial charge in [-0.15, -0.1) is 0 Å². The summed E-state index contributed by atoms with van der Waals surface area (Å²) in [7, 11) is 0. The van der Waals surface area contributed by atoms with Gasteiger partial charge in [-0.05, 0) is 43.2 Å². The van der Waals surface area contributed by atoms with Crippen LogP contribution in [0.3, 0.4) is 0 Å². The zero-order valence-corrected chi connectivity index (χ0v) is 13.1. The van der Waals surface area contributed by atoms with Gasteiger partial charge in [0, 0.05) is 24.5 Å². The largest absolute Gasteiger partial charge is 0.354 e. The summed E-state index contributed by atoms with van der Waals surface area (Å²) >= 11 is 0. The Bertz CT molecular complexity index is 490. The van der Waals surface area contributed by atoms with E-state index in [9.17, 15) is 4.79 Å². The minimum Gasteiger partial charge on any atom is -0.354 e. The van der Waals surface area contributed by atoms with E-state index in [0.717, 1.165) is 25.8 Å². The summed E-state index contributed by atoms with van der Waals surface area (Å²) in [4.78, 5) is 12.2. The molecule has 0 saturated carbocycles. The lowest BCUT2D eigenvalue weighted by Crippen LogP contribution is -2.35. The molecule has 0 saturated heterocycles. The first-order chi connectivity index (χ1) is 9.35. The van der Waals surface area contributed by atoms with Gasteiger partial charge in [-0.25, -0.2) is 0 Å². The maximum absolute atomic E-state index is 12.2. The first kappa shape index (κ1) is 15.1. The number of aromatic nitrogens is 1. The minimum atomic E-state index is -0.175. The van der Waals surface area contributed by atoms with Crippen molar-refractivity contribution >= 4 is 5.91 Å². The van der Waals surface area contributed by atoms with Crippen LogP contribution < -0.4 is 11.1 Å². The molecule has 3 N–H and O–H groups in total. The highest BCUT2D eigenvalue weighted by atomic mass is 16.2. The van der Waals surface area contributed by atoms with Crippen LogP contribution in [0.4, 0.5) is 0 Å². The third kappa shape index (κ3) is 2.90. The summed E-state index contributed by atoms with van der Waals surface area (Å²) in [5, 5.41) is 2.97. The van der Waals surface area contributed by atoms with Crippen molar-refractivity contribution < 1.29 is 4.79 Å². The lowest BCUT2D eigenvalue weighted by molar-refractivity contribution is -0.123. The fourth-order valence-electron chi connectivity index (χ4n) is 3.14. The molecule has 0 radical (unpaired) electrons. The van der Waals surface area contributed by atoms with Crippen LogP contribution in [0, 0.1) is 5.41 Å². The SMILES string of the molecule is CCCNC(=O)C(C)n1ccc2c1CC(C)(C)CC2N. The Kier molecular flexibility index (Phi) is 4.23. The second kappa shape index (κ2) is 5.60. The normalized spacial score (nSPS) is 22.1. The fourth-order valence-corrected chi connectivity index (χ4v) is 3.14. The van der Waals surface area contributed by atoms with Crippen LogP contribution in [0.25, 0.3) is 0 Å². The zero-order valence-electron chi connectivity index (χ0n) is 13.1. The first-order valence-corrected chi connectivity index (χ1v) is 7.58. The van der Waals surface area contributed by atoms with E-state index in [0.29, 0.717) is 0 Å². The maximum atomic E-state index is 12.2. The second-order valence-corrected chi connectivity index (χ2v) is 6.74. The number of hydrogen-bond donors (Lipinski definition) is 2. The molecule has 20 heavy (non-hydrogen) atoms. The topological polar surface area (TPSA) is 60.0 Å². The van der Waals surface area contributed by atoms with Gasteiger partial charge in [0.1, 0.15) is 6.04 Å². The molecule has 1 aliphatic carbocycles. The fraction of sp³-hybridized carbons (Fsp3) is 0.688. The molecule has 4 nitrogen and oxygen atoms in total. The molecule has 2 unspecified atom stereocenters. The number of amides is 1. The van der Waals surface area contributed by atoms with Gasteiger partial charge in [0.05, 0.1) is 0 Å². The first-order valence-electron chi connectivity index (χ1n) is 7.58. The number of carbonyl (C=O) groups excluding carboxylic acids is 1. The highest BCUT2D eigenvalue weighted by molar-refractivity contribution is 5.80. The summed E-state index contributed by atoms with van der Waals surface area (Å²) in [6, 6.07) is 1.99. The Morgan fingerprint density at radius 3 is 2.95 bits per heavy atom. The molecule has 112 valence electrons. The van der Waals surface area contributed by atoms with Crippen LogP contribution >= 0.6 is 0 Å². The monoisotopic (exact) mass is 277 g/mol. The van der Waals surface area contributed by atoms with Crippen LogP contribution in [0.15, 0.2) is 12.3 Å². The van der Waals surface area contributed by atoms with Crippen molar-refractivity contribution in [2.24, 2.45) is 11.1 Å². The van der Waals surface area contributed by atoms with Crippen molar-refractivity contribution in [1.29, 1.82) is 0 Å². The van der Waals surface area contributed by atoms with Crippen molar-refractivity contribution in [3.63, 3.8) is 0 Å². The van der Waals surface area contributed by atoms with E-state index in [-0.39, 0.29) is 23.4 Å². The van der Waals surface area contributed by atoms with E-state index in [1.54, 1.807) is 0 Å². The Morgan fingerprint density at radius 2 is 2.30 bits per heavy atom. The average molecular weight is 277 g/mol. The lowest BCUT2D eigenvalue weighted by Gasteiger charge is -2.35. The average Bonchev–Trinajstić information content (AvgIpc) is 2.77. The summed E-state index contributed by atoms with van der Waals surface area (Å²) in [6.07, 6.45) is 4.96. The van der Waals surface area contributed by atoms with E-state index >= 15 is 0 Å². The number of nitrogens with two attached hydrogens (primary N) is 1. The molecular formula is C16H27N3O. The predicted molar refractivity (Wildman–Crippen MR) is 81.5 cm³/mol. The van der Waals surface area contributed by atoms with E-state index in [1.165, 1.54) is 11.3 Å². The molecule has 0 fully saturated rings. The molecule has 1 aromatic rings. The zero-order chi connectivity index (χ0) is 14.9. The van der Waals surface area contributed by atoms with Gasteiger partial charge in [0.15, 0.2) is 0 Å². The highest BCUT2D eigenvalue weighted by Crippen LogP contribution is 2.40. The number of nitrogens with one attached hydrogen (secondary N) is 1. The summed E-state index contributed by atoms with van der Waals surface area (Å²) < 4.78 is 2.10. The van der Waals surface area contributed by atoms with Crippen LogP contribution in [0.1, 0.15) is 63.9 Å². The summed E-state index contributed by atoms with van der Waals surface area (Å²) in [6.45, 7) is 9.24. The van der Waals surface area contributed by atoms with Crippen LogP contribution in [0.5, 0.6) is 0 Å².